The maximum Gasteiger partial charge on any atom is 0.155 e. The van der Waals surface area contributed by atoms with Crippen LogP contribution in [0.4, 0.5) is 0 Å². The molecular weight excluding hydrogens is 272 g/mol. The van der Waals surface area contributed by atoms with Gasteiger partial charge < -0.3 is 20.7 Å². The molecule has 0 aromatic rings. The minimum absolute atomic E-state index is 0.153. The van der Waals surface area contributed by atoms with Gasteiger partial charge in [-0.15, -0.1) is 0 Å². The van der Waals surface area contributed by atoms with E-state index in [4.69, 9.17) is 10.9 Å². The number of hydrogen-bond donors (Lipinski definition) is 2. The van der Waals surface area contributed by atoms with E-state index in [0.717, 1.165) is 25.9 Å². The molecule has 0 saturated carbocycles. The Balaban J connectivity index is 1.70. The monoisotopic (exact) mass is 300 g/mol. The first-order valence-corrected chi connectivity index (χ1v) is 8.90. The second kappa shape index (κ2) is 7.52. The zero-order valence-electron chi connectivity index (χ0n) is 12.6. The average molecular weight is 300 g/mol. The van der Waals surface area contributed by atoms with Gasteiger partial charge in [-0.3, -0.25) is 0 Å². The minimum atomic E-state index is -0.153. The van der Waals surface area contributed by atoms with Crippen molar-refractivity contribution in [1.82, 2.24) is 9.80 Å². The predicted molar refractivity (Wildman–Crippen MR) is 85.6 cm³/mol. The van der Waals surface area contributed by atoms with Crippen LogP contribution in [0.5, 0.6) is 0 Å². The molecule has 0 unspecified atom stereocenters. The molecule has 0 aromatic carbocycles. The Morgan fingerprint density at radius 2 is 1.70 bits per heavy atom. The molecule has 0 amide bonds. The van der Waals surface area contributed by atoms with Crippen molar-refractivity contribution in [2.75, 3.05) is 45.5 Å². The van der Waals surface area contributed by atoms with Gasteiger partial charge >= 0.3 is 0 Å². The van der Waals surface area contributed by atoms with Crippen LogP contribution in [0.25, 0.3) is 0 Å². The van der Waals surface area contributed by atoms with Gasteiger partial charge in [0, 0.05) is 0 Å². The van der Waals surface area contributed by atoms with E-state index in [1.54, 1.807) is 11.8 Å². The summed E-state index contributed by atoms with van der Waals surface area (Å²) in [5, 5.41) is 12.2. The van der Waals surface area contributed by atoms with Gasteiger partial charge in [0.05, 0.1) is 4.75 Å². The number of hydrogen-bond acceptors (Lipinski definition) is 5. The van der Waals surface area contributed by atoms with Crippen LogP contribution in [0.15, 0.2) is 5.16 Å². The molecule has 2 aliphatic rings. The number of rotatable bonds is 6. The van der Waals surface area contributed by atoms with E-state index in [9.17, 15) is 0 Å². The second-order valence-electron chi connectivity index (χ2n) is 5.93. The van der Waals surface area contributed by atoms with Gasteiger partial charge in [0.2, 0.25) is 0 Å². The largest absolute Gasteiger partial charge is 0.409 e. The molecule has 3 N–H and O–H groups in total. The fourth-order valence-electron chi connectivity index (χ4n) is 3.32. The first-order valence-electron chi connectivity index (χ1n) is 7.68. The van der Waals surface area contributed by atoms with Gasteiger partial charge in [0.1, 0.15) is 0 Å². The van der Waals surface area contributed by atoms with Crippen molar-refractivity contribution in [2.45, 2.75) is 36.9 Å². The highest BCUT2D eigenvalue weighted by Gasteiger charge is 2.37. The smallest absolute Gasteiger partial charge is 0.155 e. The van der Waals surface area contributed by atoms with Gasteiger partial charge in [0.25, 0.3) is 0 Å². The van der Waals surface area contributed by atoms with E-state index < -0.39 is 0 Å². The lowest BCUT2D eigenvalue weighted by atomic mass is 9.94. The Hall–Kier alpha value is -0.460. The van der Waals surface area contributed by atoms with Crippen molar-refractivity contribution in [3.05, 3.63) is 0 Å². The van der Waals surface area contributed by atoms with Crippen molar-refractivity contribution >= 4 is 17.6 Å². The van der Waals surface area contributed by atoms with Gasteiger partial charge in [-0.05, 0) is 77.6 Å². The molecule has 0 aliphatic carbocycles. The zero-order valence-corrected chi connectivity index (χ0v) is 13.4. The summed E-state index contributed by atoms with van der Waals surface area (Å²) in [6.07, 6.45) is 8.03. The standard InChI is InChI=1S/C14H28N4OS/c1-20-14(13(15)16-19)5-11-18(12-6-14)10-4-9-17-7-2-3-8-17/h19H,2-12H2,1H3,(H2,15,16). The zero-order chi connectivity index (χ0) is 14.4. The van der Waals surface area contributed by atoms with Crippen molar-refractivity contribution in [2.24, 2.45) is 10.9 Å². The summed E-state index contributed by atoms with van der Waals surface area (Å²) in [4.78, 5) is 5.10. The number of nitrogens with zero attached hydrogens (tertiary/aromatic N) is 3. The number of amidine groups is 1. The Morgan fingerprint density at radius 1 is 1.15 bits per heavy atom. The van der Waals surface area contributed by atoms with E-state index in [1.807, 2.05) is 0 Å². The summed E-state index contributed by atoms with van der Waals surface area (Å²) in [5.74, 6) is 0.390. The van der Waals surface area contributed by atoms with E-state index in [-0.39, 0.29) is 4.75 Å². The molecule has 2 saturated heterocycles. The lowest BCUT2D eigenvalue weighted by Gasteiger charge is -2.39. The van der Waals surface area contributed by atoms with Crippen molar-refractivity contribution in [3.63, 3.8) is 0 Å². The van der Waals surface area contributed by atoms with Gasteiger partial charge in [0.15, 0.2) is 5.84 Å². The van der Waals surface area contributed by atoms with Crippen LogP contribution in [0.2, 0.25) is 0 Å². The molecule has 0 atom stereocenters. The molecule has 2 heterocycles. The molecule has 2 aliphatic heterocycles. The fourth-order valence-corrected chi connectivity index (χ4v) is 4.16. The highest BCUT2D eigenvalue weighted by molar-refractivity contribution is 8.00. The maximum absolute atomic E-state index is 8.94. The molecule has 5 nitrogen and oxygen atoms in total. The summed E-state index contributed by atoms with van der Waals surface area (Å²) in [6, 6.07) is 0. The average Bonchev–Trinajstić information content (AvgIpc) is 3.00. The molecule has 0 bridgehead atoms. The third-order valence-electron chi connectivity index (χ3n) is 4.78. The first-order chi connectivity index (χ1) is 9.70. The SMILES string of the molecule is CSC1(C(N)=NO)CCN(CCCN2CCCC2)CC1. The number of likely N-dealkylation sites (tertiary alicyclic amines) is 2. The Kier molecular flexibility index (Phi) is 5.99. The number of oxime groups is 1. The van der Waals surface area contributed by atoms with Crippen LogP contribution in [0.1, 0.15) is 32.1 Å². The van der Waals surface area contributed by atoms with Crippen LogP contribution in [-0.2, 0) is 0 Å². The van der Waals surface area contributed by atoms with Gasteiger partial charge in [-0.1, -0.05) is 5.16 Å². The molecule has 20 heavy (non-hydrogen) atoms. The Bertz CT molecular complexity index is 323. The minimum Gasteiger partial charge on any atom is -0.409 e. The van der Waals surface area contributed by atoms with Gasteiger partial charge in [-0.25, -0.2) is 0 Å². The van der Waals surface area contributed by atoms with Crippen LogP contribution in [-0.4, -0.2) is 71.1 Å². The van der Waals surface area contributed by atoms with Crippen molar-refractivity contribution in [3.8, 4) is 0 Å². The second-order valence-corrected chi connectivity index (χ2v) is 7.12. The normalized spacial score (nSPS) is 25.1. The van der Waals surface area contributed by atoms with Crippen molar-refractivity contribution in [1.29, 1.82) is 0 Å². The third kappa shape index (κ3) is 3.80. The number of nitrogens with two attached hydrogens (primary N) is 1. The highest BCUT2D eigenvalue weighted by Crippen LogP contribution is 2.34. The molecule has 0 radical (unpaired) electrons. The summed E-state index contributed by atoms with van der Waals surface area (Å²) in [7, 11) is 0. The Morgan fingerprint density at radius 3 is 2.20 bits per heavy atom. The number of thioether (sulfide) groups is 1. The summed E-state index contributed by atoms with van der Waals surface area (Å²) < 4.78 is -0.153. The van der Waals surface area contributed by atoms with Crippen LogP contribution in [0, 0.1) is 0 Å². The summed E-state index contributed by atoms with van der Waals surface area (Å²) >= 11 is 1.72. The van der Waals surface area contributed by atoms with E-state index in [0.29, 0.717) is 5.84 Å². The molecule has 2 fully saturated rings. The van der Waals surface area contributed by atoms with Crippen molar-refractivity contribution < 1.29 is 5.21 Å². The summed E-state index contributed by atoms with van der Waals surface area (Å²) in [5.41, 5.74) is 5.88. The fraction of sp³-hybridized carbons (Fsp3) is 0.929. The van der Waals surface area contributed by atoms with E-state index in [2.05, 4.69) is 21.2 Å². The van der Waals surface area contributed by atoms with E-state index >= 15 is 0 Å². The quantitative estimate of drug-likeness (QED) is 0.336. The van der Waals surface area contributed by atoms with Crippen LogP contribution < -0.4 is 5.73 Å². The Labute approximate surface area is 126 Å². The maximum atomic E-state index is 8.94. The van der Waals surface area contributed by atoms with Crippen LogP contribution >= 0.6 is 11.8 Å². The summed E-state index contributed by atoms with van der Waals surface area (Å²) in [6.45, 7) is 7.10. The first kappa shape index (κ1) is 15.9. The molecule has 6 heteroatoms. The third-order valence-corrected chi connectivity index (χ3v) is 6.18. The predicted octanol–water partition coefficient (Wildman–Crippen LogP) is 1.42. The topological polar surface area (TPSA) is 65.1 Å². The molecule has 116 valence electrons. The van der Waals surface area contributed by atoms with Crippen LogP contribution in [0.3, 0.4) is 0 Å². The lowest BCUT2D eigenvalue weighted by molar-refractivity contribution is 0.203. The van der Waals surface area contributed by atoms with Gasteiger partial charge in [-0.2, -0.15) is 11.8 Å². The molecule has 2 rings (SSSR count). The number of piperidine rings is 1. The molecular formula is C14H28N4OS. The molecule has 0 spiro atoms. The molecule has 0 aromatic heterocycles. The highest BCUT2D eigenvalue weighted by atomic mass is 32.2. The van der Waals surface area contributed by atoms with E-state index in [1.165, 1.54) is 45.4 Å². The lowest BCUT2D eigenvalue weighted by Crippen LogP contribution is -2.50.